The lowest BCUT2D eigenvalue weighted by Crippen LogP contribution is -2.31. The number of aryl methyl sites for hydroxylation is 2. The number of carboxylic acids is 2. The van der Waals surface area contributed by atoms with Crippen molar-refractivity contribution in [2.45, 2.75) is 157 Å². The van der Waals surface area contributed by atoms with Crippen molar-refractivity contribution < 1.29 is 53.1 Å². The Bertz CT molecular complexity index is 1960. The van der Waals surface area contributed by atoms with E-state index in [4.69, 9.17) is 23.7 Å². The summed E-state index contributed by atoms with van der Waals surface area (Å²) in [5, 5.41) is 38.3. The van der Waals surface area contributed by atoms with E-state index >= 15 is 0 Å². The van der Waals surface area contributed by atoms with Crippen LogP contribution in [-0.4, -0.2) is 100 Å². The fraction of sp³-hybridized carbons (Fsp3) is 0.655. The van der Waals surface area contributed by atoms with Crippen LogP contribution >= 0.6 is 11.3 Å². The number of carbonyl (C=O) groups excluding carboxylic acids is 2. The van der Waals surface area contributed by atoms with E-state index in [1.54, 1.807) is 0 Å². The van der Waals surface area contributed by atoms with Crippen molar-refractivity contribution in [2.75, 3.05) is 70.8 Å². The van der Waals surface area contributed by atoms with Crippen LogP contribution in [0.5, 0.6) is 0 Å². The van der Waals surface area contributed by atoms with Gasteiger partial charge in [0.15, 0.2) is 5.00 Å². The fourth-order valence-electron chi connectivity index (χ4n) is 7.51. The van der Waals surface area contributed by atoms with Crippen LogP contribution in [0.4, 0.5) is 16.4 Å². The molecule has 71 heavy (non-hydrogen) atoms. The first kappa shape index (κ1) is 62.2. The van der Waals surface area contributed by atoms with Gasteiger partial charge in [-0.1, -0.05) is 109 Å². The lowest BCUT2D eigenvalue weighted by atomic mass is 10.0. The van der Waals surface area contributed by atoms with Crippen LogP contribution in [0, 0.1) is 43.9 Å². The van der Waals surface area contributed by atoms with Gasteiger partial charge in [-0.25, -0.2) is 0 Å². The zero-order valence-electron chi connectivity index (χ0n) is 43.5. The monoisotopic (exact) mass is 1010 g/mol. The zero-order valence-corrected chi connectivity index (χ0v) is 44.3. The quantitative estimate of drug-likeness (QED) is 0.0275. The molecule has 0 radical (unpaired) electrons. The number of rotatable bonds is 43. The van der Waals surface area contributed by atoms with E-state index in [-0.39, 0.29) is 58.7 Å². The van der Waals surface area contributed by atoms with Gasteiger partial charge in [-0.2, -0.15) is 5.26 Å². The van der Waals surface area contributed by atoms with Crippen molar-refractivity contribution in [3.63, 3.8) is 0 Å². The second-order valence-electron chi connectivity index (χ2n) is 17.9. The van der Waals surface area contributed by atoms with Crippen molar-refractivity contribution in [2.24, 2.45) is 22.1 Å². The summed E-state index contributed by atoms with van der Waals surface area (Å²) >= 11 is 1.43. The molecular formula is C55H84N4O11S. The van der Waals surface area contributed by atoms with E-state index in [9.17, 15) is 34.7 Å². The summed E-state index contributed by atoms with van der Waals surface area (Å²) in [6.45, 7) is 12.6. The molecule has 0 fully saturated rings. The highest BCUT2D eigenvalue weighted by atomic mass is 32.1. The molecule has 1 aromatic heterocycles. The van der Waals surface area contributed by atoms with Crippen molar-refractivity contribution in [1.29, 1.82) is 5.26 Å². The van der Waals surface area contributed by atoms with Crippen LogP contribution in [0.15, 0.2) is 52.7 Å². The molecule has 15 nitrogen and oxygen atoms in total. The minimum absolute atomic E-state index is 0.00268. The fourth-order valence-corrected chi connectivity index (χ4v) is 8.44. The minimum Gasteiger partial charge on any atom is -0.481 e. The minimum atomic E-state index is -1.03. The number of carboxylic acid groups (broad SMARTS) is 2. The maximum absolute atomic E-state index is 12.6. The zero-order chi connectivity index (χ0) is 51.9. The first-order chi connectivity index (χ1) is 34.4. The summed E-state index contributed by atoms with van der Waals surface area (Å²) in [7, 11) is 0. The molecule has 1 heterocycles. The SMILES string of the molecule is CCCCCC/C=C/CC(CC(=O)OCCOCCOCCN(CCOCCOC(=O)CC(C/C=C/CCCCCCCCCCC)C(=O)O)c1ccc(N=Nc2sc(C)c(C)c2C#N)c(C)c1)C(=O)O. The molecule has 0 aliphatic heterocycles. The molecule has 0 aliphatic carbocycles. The standard InChI is InChI=1S/C55H84N4O11S/c1-6-8-10-12-14-15-16-17-18-20-22-24-26-47(55(64)65)40-51(60)69-37-35-67-32-30-59(48-27-28-50(43(3)39-48)57-58-53-49(42-56)44(4)45(5)71-53)29-31-66-33-34-68-36-38-70-52(61)41-46(54(62)63)25-23-21-19-13-11-9-7-2/h21-24,27-28,39,46-47H,6-20,25-26,29-38,40-41H2,1-5H3,(H,62,63)(H,64,65)/b23-21+,24-22+,58-57?. The number of nitrogens with zero attached hydrogens (tertiary/aromatic N) is 4. The molecule has 2 N–H and O–H groups in total. The highest BCUT2D eigenvalue weighted by Gasteiger charge is 2.22. The molecule has 2 unspecified atom stereocenters. The van der Waals surface area contributed by atoms with Crippen molar-refractivity contribution in [3.05, 3.63) is 64.1 Å². The lowest BCUT2D eigenvalue weighted by Gasteiger charge is -2.25. The summed E-state index contributed by atoms with van der Waals surface area (Å²) in [5.41, 5.74) is 3.87. The topological polar surface area (TPSA) is 207 Å². The summed E-state index contributed by atoms with van der Waals surface area (Å²) in [6.07, 6.45) is 25.5. The van der Waals surface area contributed by atoms with Gasteiger partial charge in [0, 0.05) is 23.7 Å². The number of hydrogen-bond acceptors (Lipinski definition) is 14. The predicted octanol–water partition coefficient (Wildman–Crippen LogP) is 12.9. The van der Waals surface area contributed by atoms with Gasteiger partial charge < -0.3 is 38.8 Å². The molecule has 0 aliphatic rings. The van der Waals surface area contributed by atoms with Gasteiger partial charge in [-0.05, 0) is 88.6 Å². The number of aliphatic carboxylic acids is 2. The van der Waals surface area contributed by atoms with E-state index in [1.807, 2.05) is 63.3 Å². The molecule has 2 rings (SSSR count). The molecular weight excluding hydrogens is 925 g/mol. The van der Waals surface area contributed by atoms with Crippen LogP contribution < -0.4 is 4.90 Å². The van der Waals surface area contributed by atoms with Crippen LogP contribution in [0.2, 0.25) is 0 Å². The van der Waals surface area contributed by atoms with Crippen molar-refractivity contribution >= 4 is 51.6 Å². The first-order valence-electron chi connectivity index (χ1n) is 26.0. The third-order valence-electron chi connectivity index (χ3n) is 12.0. The Morgan fingerprint density at radius 2 is 1.11 bits per heavy atom. The molecule has 396 valence electrons. The Kier molecular flexibility index (Phi) is 34.7. The van der Waals surface area contributed by atoms with Crippen molar-refractivity contribution in [3.8, 4) is 6.07 Å². The smallest absolute Gasteiger partial charge is 0.307 e. The van der Waals surface area contributed by atoms with Gasteiger partial charge in [0.05, 0.1) is 75.6 Å². The Hall–Kier alpha value is -4.95. The Labute approximate surface area is 428 Å². The molecule has 0 saturated carbocycles. The van der Waals surface area contributed by atoms with E-state index in [1.165, 1.54) is 69.1 Å². The third-order valence-corrected chi connectivity index (χ3v) is 13.1. The van der Waals surface area contributed by atoms with Crippen LogP contribution in [0.1, 0.15) is 157 Å². The molecule has 0 amide bonds. The maximum atomic E-state index is 12.6. The van der Waals surface area contributed by atoms with Gasteiger partial charge in [0.1, 0.15) is 19.3 Å². The number of unbranched alkanes of at least 4 members (excludes halogenated alkanes) is 13. The molecule has 2 atom stereocenters. The van der Waals surface area contributed by atoms with Gasteiger partial charge in [-0.3, -0.25) is 19.2 Å². The van der Waals surface area contributed by atoms with E-state index in [0.717, 1.165) is 60.2 Å². The number of carbonyl (C=O) groups is 4. The number of esters is 2. The number of nitriles is 1. The number of ether oxygens (including phenoxy) is 5. The highest BCUT2D eigenvalue weighted by molar-refractivity contribution is 7.16. The number of hydrogen-bond donors (Lipinski definition) is 2. The number of benzene rings is 1. The largest absolute Gasteiger partial charge is 0.481 e. The van der Waals surface area contributed by atoms with Gasteiger partial charge >= 0.3 is 23.9 Å². The van der Waals surface area contributed by atoms with Gasteiger partial charge in [0.25, 0.3) is 0 Å². The number of thiophene rings is 1. The molecule has 0 saturated heterocycles. The number of allylic oxidation sites excluding steroid dienone is 4. The number of azo groups is 1. The summed E-state index contributed by atoms with van der Waals surface area (Å²) < 4.78 is 27.9. The van der Waals surface area contributed by atoms with Crippen LogP contribution in [0.3, 0.4) is 0 Å². The Morgan fingerprint density at radius 1 is 0.648 bits per heavy atom. The van der Waals surface area contributed by atoms with Crippen molar-refractivity contribution in [1.82, 2.24) is 0 Å². The maximum Gasteiger partial charge on any atom is 0.307 e. The molecule has 0 bridgehead atoms. The summed E-state index contributed by atoms with van der Waals surface area (Å²) in [4.78, 5) is 51.6. The second kappa shape index (κ2) is 39.6. The number of anilines is 1. The van der Waals surface area contributed by atoms with Gasteiger partial charge in [0.2, 0.25) is 0 Å². The second-order valence-corrected chi connectivity index (χ2v) is 19.1. The Morgan fingerprint density at radius 3 is 1.59 bits per heavy atom. The molecule has 0 spiro atoms. The predicted molar refractivity (Wildman–Crippen MR) is 280 cm³/mol. The molecule has 1 aromatic carbocycles. The van der Waals surface area contributed by atoms with Crippen LogP contribution in [0.25, 0.3) is 0 Å². The van der Waals surface area contributed by atoms with Crippen LogP contribution in [-0.2, 0) is 42.9 Å². The normalized spacial score (nSPS) is 12.5. The van der Waals surface area contributed by atoms with E-state index < -0.39 is 35.7 Å². The van der Waals surface area contributed by atoms with E-state index in [2.05, 4.69) is 35.0 Å². The van der Waals surface area contributed by atoms with E-state index in [0.29, 0.717) is 49.2 Å². The molecule has 2 aromatic rings. The summed E-state index contributed by atoms with van der Waals surface area (Å²) in [5.74, 6) is -4.89. The summed E-state index contributed by atoms with van der Waals surface area (Å²) in [6, 6.07) is 8.02. The highest BCUT2D eigenvalue weighted by Crippen LogP contribution is 2.36. The average Bonchev–Trinajstić information content (AvgIpc) is 3.62. The molecule has 16 heteroatoms. The third kappa shape index (κ3) is 28.6. The lowest BCUT2D eigenvalue weighted by molar-refractivity contribution is -0.152. The first-order valence-corrected chi connectivity index (χ1v) is 26.8. The Balaban J connectivity index is 1.83. The average molecular weight is 1010 g/mol. The van der Waals surface area contributed by atoms with Gasteiger partial charge in [-0.15, -0.1) is 21.6 Å².